The van der Waals surface area contributed by atoms with Gasteiger partial charge in [-0.2, -0.15) is 20.2 Å². The summed E-state index contributed by atoms with van der Waals surface area (Å²) in [5.74, 6) is 15.6. The molecule has 23 nitrogen and oxygen atoms in total. The Morgan fingerprint density at radius 2 is 0.895 bits per heavy atom. The van der Waals surface area contributed by atoms with Crippen LogP contribution in [0.15, 0.2) is 166 Å². The summed E-state index contributed by atoms with van der Waals surface area (Å²) in [6.45, 7) is 21.3. The topological polar surface area (TPSA) is 302 Å². The molecule has 4 radical (unpaired) electrons. The molecule has 0 unspecified atom stereocenters. The molecule has 7 rings (SSSR count). The first-order chi connectivity index (χ1) is 49.4. The van der Waals surface area contributed by atoms with E-state index in [0.717, 1.165) is 111 Å². The smallest absolute Gasteiger partial charge is 0.297 e. The molecule has 0 saturated heterocycles. The summed E-state index contributed by atoms with van der Waals surface area (Å²) < 4.78 is 81.5. The molecular formula is C73H104B2Cl4N6O17S3. The molecule has 0 bridgehead atoms. The highest BCUT2D eigenvalue weighted by atomic mass is 35.5. The van der Waals surface area contributed by atoms with E-state index in [0.29, 0.717) is 42.8 Å². The number of methoxy groups -OCH3 is 4. The van der Waals surface area contributed by atoms with E-state index in [9.17, 15) is 18.0 Å². The number of nitrogens with one attached hydrogen (secondary N) is 3. The first-order valence-electron chi connectivity index (χ1n) is 32.6. The summed E-state index contributed by atoms with van der Waals surface area (Å²) in [5, 5.41) is 9.38. The molecule has 9 N–H and O–H groups in total. The number of carbonyl (C=O) groups is 2. The quantitative estimate of drug-likeness (QED) is 0.00409. The van der Waals surface area contributed by atoms with E-state index in [1.807, 2.05) is 158 Å². The van der Waals surface area contributed by atoms with Gasteiger partial charge in [0.15, 0.2) is 23.0 Å². The van der Waals surface area contributed by atoms with Crippen molar-refractivity contribution < 1.29 is 78.7 Å². The van der Waals surface area contributed by atoms with Gasteiger partial charge in [-0.25, -0.2) is 0 Å². The predicted octanol–water partition coefficient (Wildman–Crippen LogP) is 13.5. The number of halogens is 4. The Hall–Kier alpha value is -6.54. The van der Waals surface area contributed by atoms with Crippen molar-refractivity contribution in [3.8, 4) is 46.0 Å². The van der Waals surface area contributed by atoms with Gasteiger partial charge in [0, 0.05) is 60.0 Å². The van der Waals surface area contributed by atoms with Crippen molar-refractivity contribution in [2.24, 2.45) is 17.5 Å². The lowest BCUT2D eigenvalue weighted by Gasteiger charge is -2.16. The van der Waals surface area contributed by atoms with Crippen molar-refractivity contribution in [2.75, 3.05) is 73.4 Å². The van der Waals surface area contributed by atoms with Gasteiger partial charge in [-0.3, -0.25) is 13.8 Å². The highest BCUT2D eigenvalue weighted by molar-refractivity contribution is 7.95. The van der Waals surface area contributed by atoms with Crippen LogP contribution in [0.4, 0.5) is 0 Å². The molecule has 7 aromatic rings. The van der Waals surface area contributed by atoms with Crippen LogP contribution >= 0.6 is 72.1 Å². The minimum atomic E-state index is -3.76. The van der Waals surface area contributed by atoms with E-state index in [1.54, 1.807) is 52.7 Å². The number of para-hydroxylation sites is 4. The van der Waals surface area contributed by atoms with E-state index in [4.69, 9.17) is 87.1 Å². The Morgan fingerprint density at radius 1 is 0.505 bits per heavy atom. The molecular weight excluding hydrogens is 1490 g/mol. The number of benzene rings is 7. The predicted molar refractivity (Wildman–Crippen MR) is 427 cm³/mol. The minimum Gasteiger partial charge on any atom is -0.497 e. The second-order valence-corrected chi connectivity index (χ2v) is 26.0. The Kier molecular flexibility index (Phi) is 57.9. The summed E-state index contributed by atoms with van der Waals surface area (Å²) >= 11 is 11.5. The SMILES string of the molecule is CCOc1ccccc1OCCN[C@H](C)Cc1ccc(OC)c(SOON)c1.CCOc1ccccc1OCCOS(=O)(=O)c1ccc(C)cc1.COc1ccc(C[C@@H](C)N)cc1SOON.COc1ccc(C[C@@H](C)NC(C)=O)cc1.COc1ccc(C[C@@H](C)NC(C)=O)cc1C.Cl.Cl.ClCCl.[B][B]. The summed E-state index contributed by atoms with van der Waals surface area (Å²) in [6.07, 6.45) is 3.31. The zero-order valence-electron chi connectivity index (χ0n) is 62.1. The molecule has 4 atom stereocenters. The van der Waals surface area contributed by atoms with Crippen LogP contribution in [-0.4, -0.2) is 133 Å². The van der Waals surface area contributed by atoms with Gasteiger partial charge in [0.1, 0.15) is 42.8 Å². The molecule has 105 heavy (non-hydrogen) atoms. The lowest BCUT2D eigenvalue weighted by atomic mass is 9.81. The summed E-state index contributed by atoms with van der Waals surface area (Å²) in [5.41, 5.74) is 12.5. The van der Waals surface area contributed by atoms with Crippen LogP contribution < -0.4 is 71.4 Å². The highest BCUT2D eigenvalue weighted by Gasteiger charge is 2.16. The van der Waals surface area contributed by atoms with Crippen LogP contribution in [0.5, 0.6) is 46.0 Å². The van der Waals surface area contributed by atoms with E-state index in [2.05, 4.69) is 58.7 Å². The maximum atomic E-state index is 12.0. The molecule has 0 aliphatic carbocycles. The zero-order valence-corrected chi connectivity index (χ0v) is 67.7. The Labute approximate surface area is 655 Å². The van der Waals surface area contributed by atoms with Gasteiger partial charge in [0.05, 0.1) is 85.8 Å². The lowest BCUT2D eigenvalue weighted by molar-refractivity contribution is -0.195. The molecule has 0 saturated carbocycles. The molecule has 0 fully saturated rings. The number of hydrogen-bond acceptors (Lipinski definition) is 23. The number of carbonyl (C=O) groups excluding carboxylic acids is 2. The van der Waals surface area contributed by atoms with Crippen LogP contribution in [0.1, 0.15) is 88.8 Å². The number of amides is 2. The Morgan fingerprint density at radius 3 is 1.30 bits per heavy atom. The third-order valence-corrected chi connectivity index (χ3v) is 16.1. The fourth-order valence-corrected chi connectivity index (χ4v) is 11.3. The molecule has 2 amide bonds. The number of rotatable bonds is 35. The number of aryl methyl sites for hydroxylation is 2. The third kappa shape index (κ3) is 44.4. The fraction of sp³-hybridized carbons (Fsp3) is 0.397. The van der Waals surface area contributed by atoms with Gasteiger partial charge in [0.2, 0.25) is 11.8 Å². The monoisotopic (exact) mass is 1590 g/mol. The maximum absolute atomic E-state index is 12.0. The summed E-state index contributed by atoms with van der Waals surface area (Å²) in [7, 11) is 10.8. The van der Waals surface area contributed by atoms with Crippen LogP contribution in [0.3, 0.4) is 0 Å². The van der Waals surface area contributed by atoms with Crippen molar-refractivity contribution in [3.05, 3.63) is 185 Å². The lowest BCUT2D eigenvalue weighted by Crippen LogP contribution is -2.32. The van der Waals surface area contributed by atoms with Gasteiger partial charge in [-0.1, -0.05) is 78.4 Å². The van der Waals surface area contributed by atoms with Crippen LogP contribution in [0.2, 0.25) is 0 Å². The van der Waals surface area contributed by atoms with Crippen molar-refractivity contribution in [1.29, 1.82) is 0 Å². The molecule has 0 heterocycles. The number of nitrogens with two attached hydrogens (primary N) is 3. The molecule has 7 aromatic carbocycles. The van der Waals surface area contributed by atoms with E-state index in [1.165, 1.54) is 37.1 Å². The van der Waals surface area contributed by atoms with E-state index < -0.39 is 10.1 Å². The zero-order chi connectivity index (χ0) is 77.0. The number of hydrogen-bond donors (Lipinski definition) is 6. The van der Waals surface area contributed by atoms with Crippen molar-refractivity contribution in [1.82, 2.24) is 16.0 Å². The Bertz CT molecular complexity index is 3560. The van der Waals surface area contributed by atoms with Gasteiger partial charge in [-0.05, 0) is 188 Å². The number of ether oxygens (including phenoxy) is 8. The van der Waals surface area contributed by atoms with Gasteiger partial charge in [0.25, 0.3) is 10.1 Å². The molecule has 0 spiro atoms. The Balaban J connectivity index is 0. The van der Waals surface area contributed by atoms with Gasteiger partial charge < -0.3 is 59.6 Å². The fourth-order valence-electron chi connectivity index (χ4n) is 9.29. The average molecular weight is 1600 g/mol. The van der Waals surface area contributed by atoms with E-state index in [-0.39, 0.29) is 84.2 Å². The molecule has 0 aromatic heterocycles. The summed E-state index contributed by atoms with van der Waals surface area (Å²) in [4.78, 5) is 31.6. The van der Waals surface area contributed by atoms with Gasteiger partial charge >= 0.3 is 0 Å². The molecule has 580 valence electrons. The second-order valence-electron chi connectivity index (χ2n) is 22.1. The third-order valence-electron chi connectivity index (χ3n) is 13.5. The van der Waals surface area contributed by atoms with Crippen LogP contribution in [0, 0.1) is 13.8 Å². The van der Waals surface area contributed by atoms with Gasteiger partial charge in [-0.15, -0.1) is 66.7 Å². The number of alkyl halides is 2. The van der Waals surface area contributed by atoms with E-state index >= 15 is 0 Å². The standard InChI is InChI=1S/C20H28N2O5S.C17H20O5S.C13H19NO2.C12H17NO2.C10H16N2O3S.CH2Cl2.B2.2ClH/c1-4-24-17-7-5-6-8-18(17)25-12-11-22-15(2)13-16-9-10-19(23-3)20(14-16)28-27-26-21;1-3-20-16-6-4-5-7-17(16)21-12-13-22-23(18,19)15-10-8-14(2)9-11-15;1-9-7-12(5-6-13(9)16-4)8-10(2)14-11(3)15;1-9(13-10(2)14)8-11-4-6-12(15-3)7-5-11;1-7(11)5-8-3-4-9(13-2)10(6-8)16-15-14-12;2-1-3;1-2;;/h5-10,14-15,22H,4,11-13,21H2,1-3H3;4-11H,3,12-13H2,1-2H3;5-7,10H,8H2,1-4H3,(H,14,15);4-7,9H,8H2,1-3H3,(H,13,14);3-4,6-7H,5,11-12H2,1-2H3;1H2;;2*1H/t15-;;10-;9-;7-;;;;/m1.111..../s1. The molecule has 0 aliphatic heterocycles. The van der Waals surface area contributed by atoms with Crippen molar-refractivity contribution in [2.45, 2.75) is 134 Å². The average Bonchev–Trinajstić information content (AvgIpc) is 0.875. The first-order valence-corrected chi connectivity index (χ1v) is 36.5. The van der Waals surface area contributed by atoms with Crippen LogP contribution in [0.25, 0.3) is 0 Å². The first kappa shape index (κ1) is 101. The highest BCUT2D eigenvalue weighted by Crippen LogP contribution is 2.33. The normalized spacial score (nSPS) is 11.3. The van der Waals surface area contributed by atoms with Crippen molar-refractivity contribution in [3.63, 3.8) is 0 Å². The molecule has 32 heteroatoms. The van der Waals surface area contributed by atoms with Crippen LogP contribution in [-0.2, 0) is 68.2 Å². The maximum Gasteiger partial charge on any atom is 0.297 e. The second kappa shape index (κ2) is 60.5. The summed E-state index contributed by atoms with van der Waals surface area (Å²) in [6, 6.07) is 47.8. The minimum absolute atomic E-state index is 0. The largest absolute Gasteiger partial charge is 0.497 e. The molecule has 0 aliphatic rings. The van der Waals surface area contributed by atoms with Crippen molar-refractivity contribution >= 4 is 110 Å².